The van der Waals surface area contributed by atoms with Crippen LogP contribution in [-0.2, 0) is 0 Å². The largest absolute Gasteiger partial charge is 0.491 e. The SMILES string of the molecule is CCOc1cc(N2CCCC2CC)c(N)cc1F. The second-order valence-corrected chi connectivity index (χ2v) is 4.67. The number of hydrogen-bond acceptors (Lipinski definition) is 3. The first-order valence-electron chi connectivity index (χ1n) is 6.65. The fourth-order valence-electron chi connectivity index (χ4n) is 2.65. The van der Waals surface area contributed by atoms with Crippen LogP contribution in [0, 0.1) is 5.82 Å². The number of nitrogens with two attached hydrogens (primary N) is 1. The number of anilines is 2. The van der Waals surface area contributed by atoms with Gasteiger partial charge in [0.1, 0.15) is 0 Å². The highest BCUT2D eigenvalue weighted by atomic mass is 19.1. The van der Waals surface area contributed by atoms with E-state index in [9.17, 15) is 4.39 Å². The highest BCUT2D eigenvalue weighted by Crippen LogP contribution is 2.35. The molecule has 1 fully saturated rings. The Hall–Kier alpha value is -1.45. The fourth-order valence-corrected chi connectivity index (χ4v) is 2.65. The van der Waals surface area contributed by atoms with E-state index in [0.29, 0.717) is 24.1 Å². The lowest BCUT2D eigenvalue weighted by Crippen LogP contribution is -2.29. The molecular weight excluding hydrogens is 231 g/mol. The Balaban J connectivity index is 2.34. The Morgan fingerprint density at radius 3 is 2.89 bits per heavy atom. The molecule has 0 aliphatic carbocycles. The van der Waals surface area contributed by atoms with E-state index in [2.05, 4.69) is 11.8 Å². The molecule has 1 saturated heterocycles. The van der Waals surface area contributed by atoms with Gasteiger partial charge >= 0.3 is 0 Å². The van der Waals surface area contributed by atoms with Crippen LogP contribution in [0.4, 0.5) is 15.8 Å². The first-order valence-corrected chi connectivity index (χ1v) is 6.65. The molecule has 1 atom stereocenters. The van der Waals surface area contributed by atoms with Crippen LogP contribution < -0.4 is 15.4 Å². The lowest BCUT2D eigenvalue weighted by Gasteiger charge is -2.27. The predicted molar refractivity (Wildman–Crippen MR) is 72.6 cm³/mol. The van der Waals surface area contributed by atoms with Gasteiger partial charge in [0.25, 0.3) is 0 Å². The van der Waals surface area contributed by atoms with Crippen molar-refractivity contribution in [3.63, 3.8) is 0 Å². The number of hydrogen-bond donors (Lipinski definition) is 1. The molecule has 0 spiro atoms. The highest BCUT2D eigenvalue weighted by molar-refractivity contribution is 5.70. The minimum atomic E-state index is -0.384. The average molecular weight is 252 g/mol. The van der Waals surface area contributed by atoms with Gasteiger partial charge in [-0.1, -0.05) is 6.92 Å². The van der Waals surface area contributed by atoms with Gasteiger partial charge in [0.15, 0.2) is 11.6 Å². The Labute approximate surface area is 108 Å². The predicted octanol–water partition coefficient (Wildman–Crippen LogP) is 3.19. The van der Waals surface area contributed by atoms with E-state index in [4.69, 9.17) is 10.5 Å². The van der Waals surface area contributed by atoms with Crippen LogP contribution in [-0.4, -0.2) is 19.2 Å². The Morgan fingerprint density at radius 2 is 2.22 bits per heavy atom. The minimum absolute atomic E-state index is 0.295. The van der Waals surface area contributed by atoms with Crippen molar-refractivity contribution < 1.29 is 9.13 Å². The van der Waals surface area contributed by atoms with E-state index >= 15 is 0 Å². The van der Waals surface area contributed by atoms with Crippen molar-refractivity contribution in [1.29, 1.82) is 0 Å². The van der Waals surface area contributed by atoms with Crippen molar-refractivity contribution in [3.8, 4) is 5.75 Å². The Kier molecular flexibility index (Phi) is 3.94. The standard InChI is InChI=1S/C14H21FN2O/c1-3-10-6-5-7-17(10)13-9-14(18-4-2)11(15)8-12(13)16/h8-10H,3-7,16H2,1-2H3. The smallest absolute Gasteiger partial charge is 0.167 e. The van der Waals surface area contributed by atoms with E-state index in [1.54, 1.807) is 6.07 Å². The van der Waals surface area contributed by atoms with Crippen LogP contribution >= 0.6 is 0 Å². The van der Waals surface area contributed by atoms with E-state index in [-0.39, 0.29) is 5.82 Å². The zero-order valence-corrected chi connectivity index (χ0v) is 11.1. The molecule has 18 heavy (non-hydrogen) atoms. The molecule has 0 saturated carbocycles. The molecule has 1 aromatic rings. The monoisotopic (exact) mass is 252 g/mol. The summed E-state index contributed by atoms with van der Waals surface area (Å²) < 4.78 is 19.0. The second kappa shape index (κ2) is 5.46. The van der Waals surface area contributed by atoms with Crippen molar-refractivity contribution in [2.24, 2.45) is 0 Å². The van der Waals surface area contributed by atoms with Gasteiger partial charge in [-0.25, -0.2) is 4.39 Å². The zero-order chi connectivity index (χ0) is 13.1. The van der Waals surface area contributed by atoms with E-state index in [1.165, 1.54) is 18.9 Å². The number of halogens is 1. The van der Waals surface area contributed by atoms with Crippen molar-refractivity contribution in [2.45, 2.75) is 39.2 Å². The molecule has 2 rings (SSSR count). The van der Waals surface area contributed by atoms with Crippen molar-refractivity contribution in [3.05, 3.63) is 17.9 Å². The molecule has 1 aliphatic rings. The van der Waals surface area contributed by atoms with Crippen molar-refractivity contribution >= 4 is 11.4 Å². The fraction of sp³-hybridized carbons (Fsp3) is 0.571. The molecule has 0 aromatic heterocycles. The van der Waals surface area contributed by atoms with Gasteiger partial charge in [0, 0.05) is 24.7 Å². The molecule has 0 radical (unpaired) electrons. The zero-order valence-electron chi connectivity index (χ0n) is 11.1. The number of nitrogens with zero attached hydrogens (tertiary/aromatic N) is 1. The topological polar surface area (TPSA) is 38.5 Å². The van der Waals surface area contributed by atoms with Crippen LogP contribution in [0.2, 0.25) is 0 Å². The summed E-state index contributed by atoms with van der Waals surface area (Å²) in [5, 5.41) is 0. The molecule has 0 amide bonds. The third kappa shape index (κ3) is 2.37. The third-order valence-corrected chi connectivity index (χ3v) is 3.54. The van der Waals surface area contributed by atoms with Crippen LogP contribution in [0.3, 0.4) is 0 Å². The van der Waals surface area contributed by atoms with E-state index < -0.39 is 0 Å². The number of benzene rings is 1. The van der Waals surface area contributed by atoms with Gasteiger partial charge < -0.3 is 15.4 Å². The van der Waals surface area contributed by atoms with Gasteiger partial charge in [-0.05, 0) is 26.2 Å². The minimum Gasteiger partial charge on any atom is -0.491 e. The molecule has 2 N–H and O–H groups in total. The highest BCUT2D eigenvalue weighted by Gasteiger charge is 2.25. The van der Waals surface area contributed by atoms with Crippen molar-refractivity contribution in [1.82, 2.24) is 0 Å². The molecule has 4 heteroatoms. The first-order chi connectivity index (χ1) is 8.67. The lowest BCUT2D eigenvalue weighted by atomic mass is 10.1. The maximum absolute atomic E-state index is 13.7. The number of nitrogen functional groups attached to an aromatic ring is 1. The average Bonchev–Trinajstić information content (AvgIpc) is 2.80. The van der Waals surface area contributed by atoms with Gasteiger partial charge in [0.05, 0.1) is 18.0 Å². The summed E-state index contributed by atoms with van der Waals surface area (Å²) in [4.78, 5) is 2.28. The van der Waals surface area contributed by atoms with Crippen LogP contribution in [0.5, 0.6) is 5.75 Å². The molecule has 1 unspecified atom stereocenters. The molecule has 1 heterocycles. The van der Waals surface area contributed by atoms with E-state index in [1.807, 2.05) is 6.92 Å². The number of ether oxygens (including phenoxy) is 1. The summed E-state index contributed by atoms with van der Waals surface area (Å²) in [6.45, 7) is 5.46. The van der Waals surface area contributed by atoms with Crippen LogP contribution in [0.15, 0.2) is 12.1 Å². The quantitative estimate of drug-likeness (QED) is 0.836. The molecule has 0 bridgehead atoms. The molecule has 3 nitrogen and oxygen atoms in total. The summed E-state index contributed by atoms with van der Waals surface area (Å²) in [6, 6.07) is 3.61. The maximum atomic E-state index is 13.7. The normalized spacial score (nSPS) is 19.3. The van der Waals surface area contributed by atoms with Crippen molar-refractivity contribution in [2.75, 3.05) is 23.8 Å². The van der Waals surface area contributed by atoms with Gasteiger partial charge in [-0.3, -0.25) is 0 Å². The van der Waals surface area contributed by atoms with Gasteiger partial charge in [0.2, 0.25) is 0 Å². The molecule has 100 valence electrons. The Bertz CT molecular complexity index is 423. The maximum Gasteiger partial charge on any atom is 0.167 e. The number of rotatable bonds is 4. The van der Waals surface area contributed by atoms with Crippen LogP contribution in [0.1, 0.15) is 33.1 Å². The molecular formula is C14H21FN2O. The Morgan fingerprint density at radius 1 is 1.44 bits per heavy atom. The van der Waals surface area contributed by atoms with E-state index in [0.717, 1.165) is 18.7 Å². The summed E-state index contributed by atoms with van der Waals surface area (Å²) in [7, 11) is 0. The third-order valence-electron chi connectivity index (χ3n) is 3.54. The van der Waals surface area contributed by atoms with Gasteiger partial charge in [-0.15, -0.1) is 0 Å². The summed E-state index contributed by atoms with van der Waals surface area (Å²) in [5.41, 5.74) is 7.35. The van der Waals surface area contributed by atoms with Crippen LogP contribution in [0.25, 0.3) is 0 Å². The molecule has 1 aromatic carbocycles. The summed E-state index contributed by atoms with van der Waals surface area (Å²) >= 11 is 0. The molecule has 1 aliphatic heterocycles. The first kappa shape index (κ1) is 13.0. The lowest BCUT2D eigenvalue weighted by molar-refractivity contribution is 0.321. The van der Waals surface area contributed by atoms with Gasteiger partial charge in [-0.2, -0.15) is 0 Å². The summed E-state index contributed by atoms with van der Waals surface area (Å²) in [6.07, 6.45) is 3.43. The second-order valence-electron chi connectivity index (χ2n) is 4.67. The summed E-state index contributed by atoms with van der Waals surface area (Å²) in [5.74, 6) is -0.0891.